The molecule has 2 fully saturated rings. The molecule has 2 unspecified atom stereocenters. The smallest absolute Gasteiger partial charge is 0.322 e. The summed E-state index contributed by atoms with van der Waals surface area (Å²) >= 11 is 0. The van der Waals surface area contributed by atoms with Gasteiger partial charge in [-0.3, -0.25) is 0 Å². The summed E-state index contributed by atoms with van der Waals surface area (Å²) in [5.41, 5.74) is -1.46. The number of amides is 2. The zero-order valence-corrected chi connectivity index (χ0v) is 16.4. The molecule has 2 amide bonds. The molecule has 4 rings (SSSR count). The molecule has 29 heavy (non-hydrogen) atoms. The van der Waals surface area contributed by atoms with Crippen molar-refractivity contribution < 1.29 is 22.5 Å². The van der Waals surface area contributed by atoms with Crippen molar-refractivity contribution in [1.82, 2.24) is 9.21 Å². The Bertz CT molecular complexity index is 900. The molecule has 0 aliphatic carbocycles. The minimum Gasteiger partial charge on any atom is -0.352 e. The van der Waals surface area contributed by atoms with Crippen molar-refractivity contribution in [2.24, 2.45) is 0 Å². The summed E-state index contributed by atoms with van der Waals surface area (Å²) in [6.07, 6.45) is -0.138. The lowest BCUT2D eigenvalue weighted by atomic mass is 9.96. The summed E-state index contributed by atoms with van der Waals surface area (Å²) < 4.78 is 50.4. The molecule has 2 aromatic rings. The van der Waals surface area contributed by atoms with Crippen LogP contribution in [0.25, 0.3) is 0 Å². The van der Waals surface area contributed by atoms with Crippen LogP contribution in [0.1, 0.15) is 6.42 Å². The molecule has 0 bridgehead atoms. The minimum absolute atomic E-state index is 0.0599. The maximum atomic E-state index is 15.3. The lowest BCUT2D eigenvalue weighted by Gasteiger charge is -2.47. The number of hydrogen-bond donors (Lipinski definition) is 1. The van der Waals surface area contributed by atoms with E-state index >= 15 is 8.78 Å². The maximum Gasteiger partial charge on any atom is 0.322 e. The molecule has 1 spiro atoms. The van der Waals surface area contributed by atoms with Gasteiger partial charge in [0.25, 0.3) is 0 Å². The molecule has 154 valence electrons. The Morgan fingerprint density at radius 3 is 2.34 bits per heavy atom. The number of ether oxygens (including phenoxy) is 1. The number of para-hydroxylation sites is 1. The van der Waals surface area contributed by atoms with E-state index in [1.54, 1.807) is 60.7 Å². The topological polar surface area (TPSA) is 61.9 Å². The highest BCUT2D eigenvalue weighted by molar-refractivity contribution is 7.82. The summed E-state index contributed by atoms with van der Waals surface area (Å²) in [5, 5.41) is 2.63. The maximum absolute atomic E-state index is 15.3. The first-order valence-electron chi connectivity index (χ1n) is 9.30. The van der Waals surface area contributed by atoms with Gasteiger partial charge in [-0.15, -0.1) is 0 Å². The summed E-state index contributed by atoms with van der Waals surface area (Å²) in [4.78, 5) is 14.0. The quantitative estimate of drug-likeness (QED) is 0.827. The average molecular weight is 421 g/mol. The number of piperidine rings is 1. The SMILES string of the molecule is O=C(Nc1ccccc1)N1CCC2(OCCN2S(=O)c2ccccc2)C(F)(F)C1. The van der Waals surface area contributed by atoms with Gasteiger partial charge in [-0.05, 0) is 24.3 Å². The van der Waals surface area contributed by atoms with Crippen molar-refractivity contribution in [1.29, 1.82) is 0 Å². The second kappa shape index (κ2) is 7.81. The van der Waals surface area contributed by atoms with E-state index in [9.17, 15) is 9.00 Å². The van der Waals surface area contributed by atoms with E-state index < -0.39 is 35.2 Å². The fraction of sp³-hybridized carbons (Fsp3) is 0.350. The fourth-order valence-electron chi connectivity index (χ4n) is 3.72. The van der Waals surface area contributed by atoms with Crippen LogP contribution in [0, 0.1) is 0 Å². The molecule has 9 heteroatoms. The van der Waals surface area contributed by atoms with Crippen molar-refractivity contribution in [3.63, 3.8) is 0 Å². The lowest BCUT2D eigenvalue weighted by molar-refractivity contribution is -0.245. The first-order chi connectivity index (χ1) is 13.9. The summed E-state index contributed by atoms with van der Waals surface area (Å²) in [6, 6.07) is 16.6. The normalized spacial score (nSPS) is 25.1. The standard InChI is InChI=1S/C20H21F2N3O3S/c21-19(22)15-24(18(26)23-16-7-3-1-4-8-16)12-11-20(19)25(13-14-28-20)29(27)17-9-5-2-6-10-17/h1-10H,11-15H2,(H,23,26). The van der Waals surface area contributed by atoms with E-state index in [4.69, 9.17) is 4.74 Å². The number of anilines is 1. The van der Waals surface area contributed by atoms with Crippen molar-refractivity contribution in [3.8, 4) is 0 Å². The van der Waals surface area contributed by atoms with E-state index in [0.717, 1.165) is 4.90 Å². The molecule has 2 aliphatic heterocycles. The van der Waals surface area contributed by atoms with E-state index in [1.807, 2.05) is 0 Å². The molecular formula is C20H21F2N3O3S. The first kappa shape index (κ1) is 19.9. The molecule has 2 atom stereocenters. The van der Waals surface area contributed by atoms with Gasteiger partial charge in [-0.1, -0.05) is 36.4 Å². The van der Waals surface area contributed by atoms with Crippen LogP contribution in [-0.2, 0) is 15.7 Å². The highest BCUT2D eigenvalue weighted by Gasteiger charge is 2.65. The number of nitrogens with zero attached hydrogens (tertiary/aromatic N) is 2. The lowest BCUT2D eigenvalue weighted by Crippen LogP contribution is -2.67. The van der Waals surface area contributed by atoms with Gasteiger partial charge in [0.15, 0.2) is 5.72 Å². The first-order valence-corrected chi connectivity index (χ1v) is 10.4. The second-order valence-electron chi connectivity index (χ2n) is 6.97. The van der Waals surface area contributed by atoms with E-state index in [-0.39, 0.29) is 26.1 Å². The number of carbonyl (C=O) groups excluding carboxylic acids is 1. The number of nitrogens with one attached hydrogen (secondary N) is 1. The van der Waals surface area contributed by atoms with Crippen LogP contribution >= 0.6 is 0 Å². The molecule has 2 aliphatic rings. The number of urea groups is 1. The van der Waals surface area contributed by atoms with Crippen LogP contribution in [-0.4, -0.2) is 57.3 Å². The summed E-state index contributed by atoms with van der Waals surface area (Å²) in [6.45, 7) is -0.553. The van der Waals surface area contributed by atoms with Gasteiger partial charge in [-0.2, -0.15) is 13.1 Å². The van der Waals surface area contributed by atoms with Gasteiger partial charge < -0.3 is 15.0 Å². The van der Waals surface area contributed by atoms with Crippen LogP contribution in [0.5, 0.6) is 0 Å². The Kier molecular flexibility index (Phi) is 5.37. The largest absolute Gasteiger partial charge is 0.352 e. The predicted molar refractivity (Wildman–Crippen MR) is 105 cm³/mol. The van der Waals surface area contributed by atoms with E-state index in [1.165, 1.54) is 4.31 Å². The number of carbonyl (C=O) groups is 1. The Balaban J connectivity index is 1.52. The Morgan fingerprint density at radius 2 is 1.69 bits per heavy atom. The van der Waals surface area contributed by atoms with Gasteiger partial charge in [0.2, 0.25) is 0 Å². The van der Waals surface area contributed by atoms with Gasteiger partial charge >= 0.3 is 12.0 Å². The number of halogens is 2. The van der Waals surface area contributed by atoms with Crippen molar-refractivity contribution in [3.05, 3.63) is 60.7 Å². The van der Waals surface area contributed by atoms with Gasteiger partial charge in [0.05, 0.1) is 18.0 Å². The number of rotatable bonds is 3. The summed E-state index contributed by atoms with van der Waals surface area (Å²) in [7, 11) is -1.79. The Hall–Kier alpha value is -2.36. The monoisotopic (exact) mass is 421 g/mol. The molecule has 0 saturated carbocycles. The summed E-state index contributed by atoms with van der Waals surface area (Å²) in [5.74, 6) is -3.39. The van der Waals surface area contributed by atoms with Gasteiger partial charge in [-0.25, -0.2) is 9.00 Å². The average Bonchev–Trinajstić information content (AvgIpc) is 3.16. The van der Waals surface area contributed by atoms with Crippen molar-refractivity contribution in [2.75, 3.05) is 31.6 Å². The predicted octanol–water partition coefficient (Wildman–Crippen LogP) is 3.31. The molecular weight excluding hydrogens is 400 g/mol. The van der Waals surface area contributed by atoms with E-state index in [2.05, 4.69) is 5.32 Å². The van der Waals surface area contributed by atoms with Crippen LogP contribution in [0.4, 0.5) is 19.3 Å². The number of likely N-dealkylation sites (tertiary alicyclic amines) is 1. The van der Waals surface area contributed by atoms with Crippen molar-refractivity contribution in [2.45, 2.75) is 23.0 Å². The second-order valence-corrected chi connectivity index (χ2v) is 8.38. The van der Waals surface area contributed by atoms with Crippen LogP contribution in [0.3, 0.4) is 0 Å². The van der Waals surface area contributed by atoms with Gasteiger partial charge in [0, 0.05) is 25.2 Å². The fourth-order valence-corrected chi connectivity index (χ4v) is 5.16. The zero-order chi connectivity index (χ0) is 20.5. The van der Waals surface area contributed by atoms with E-state index in [0.29, 0.717) is 10.6 Å². The number of benzene rings is 2. The number of hydrogen-bond acceptors (Lipinski definition) is 3. The third-order valence-corrected chi connectivity index (χ3v) is 6.73. The molecule has 2 saturated heterocycles. The van der Waals surface area contributed by atoms with Crippen LogP contribution in [0.2, 0.25) is 0 Å². The Morgan fingerprint density at radius 1 is 1.03 bits per heavy atom. The highest BCUT2D eigenvalue weighted by atomic mass is 32.2. The molecule has 6 nitrogen and oxygen atoms in total. The third kappa shape index (κ3) is 3.65. The molecule has 2 heterocycles. The van der Waals surface area contributed by atoms with Crippen molar-refractivity contribution >= 4 is 22.7 Å². The van der Waals surface area contributed by atoms with Crippen LogP contribution in [0.15, 0.2) is 65.6 Å². The molecule has 0 radical (unpaired) electrons. The molecule has 2 aromatic carbocycles. The third-order valence-electron chi connectivity index (χ3n) is 5.18. The highest BCUT2D eigenvalue weighted by Crippen LogP contribution is 2.46. The molecule has 1 N–H and O–H groups in total. The van der Waals surface area contributed by atoms with Crippen LogP contribution < -0.4 is 5.32 Å². The van der Waals surface area contributed by atoms with Gasteiger partial charge in [0.1, 0.15) is 11.0 Å². The zero-order valence-electron chi connectivity index (χ0n) is 15.6. The number of alkyl halides is 2. The minimum atomic E-state index is -3.39. The Labute approximate surface area is 170 Å². The molecule has 0 aromatic heterocycles.